The Balaban J connectivity index is 2.70. The van der Waals surface area contributed by atoms with Gasteiger partial charge in [0.1, 0.15) is 5.82 Å². The first kappa shape index (κ1) is 6.89. The topological polar surface area (TPSA) is 47.6 Å². The van der Waals surface area contributed by atoms with E-state index in [4.69, 9.17) is 4.11 Å². The number of hydrogen-bond donors (Lipinski definition) is 2. The number of nitrogens with zero attached hydrogens (tertiary/aromatic N) is 2. The van der Waals surface area contributed by atoms with Crippen molar-refractivity contribution in [1.82, 2.24) is 20.7 Å². The van der Waals surface area contributed by atoms with Crippen LogP contribution in [0.1, 0.15) is 4.11 Å². The van der Waals surface area contributed by atoms with Crippen LogP contribution in [0.3, 0.4) is 0 Å². The van der Waals surface area contributed by atoms with Crippen LogP contribution >= 0.6 is 0 Å². The maximum atomic E-state index is 11.5. The maximum Gasteiger partial charge on any atom is 0.239 e. The van der Waals surface area contributed by atoms with E-state index >= 15 is 0 Å². The van der Waals surface area contributed by atoms with Crippen molar-refractivity contribution in [2.75, 3.05) is 27.6 Å². The van der Waals surface area contributed by atoms with Crippen LogP contribution in [0.2, 0.25) is 0 Å². The highest BCUT2D eigenvalue weighted by atomic mass is 16.2. The van der Waals surface area contributed by atoms with Crippen LogP contribution in [0, 0.1) is 0 Å². The monoisotopic (exact) mass is 199 g/mol. The molecule has 0 saturated carbocycles. The summed E-state index contributed by atoms with van der Waals surface area (Å²) in [5.74, 6) is -0.0630. The molecule has 1 heterocycles. The maximum absolute atomic E-state index is 11.5. The van der Waals surface area contributed by atoms with E-state index in [1.54, 1.807) is 25.1 Å². The molecule has 0 aromatic rings. The third kappa shape index (κ3) is 3.10. The van der Waals surface area contributed by atoms with Crippen molar-refractivity contribution in [3.05, 3.63) is 24.2 Å². The summed E-state index contributed by atoms with van der Waals surface area (Å²) in [4.78, 5) is 13.2. The number of carbonyl (C=O) groups is 1. The van der Waals surface area contributed by atoms with Crippen LogP contribution in [0.25, 0.3) is 0 Å². The second-order valence-electron chi connectivity index (χ2n) is 3.16. The first-order valence-electron chi connectivity index (χ1n) is 5.68. The lowest BCUT2D eigenvalue weighted by molar-refractivity contribution is -0.121. The second-order valence-corrected chi connectivity index (χ2v) is 3.16. The van der Waals surface area contributed by atoms with E-state index in [9.17, 15) is 4.79 Å². The summed E-state index contributed by atoms with van der Waals surface area (Å²) >= 11 is 0. The van der Waals surface area contributed by atoms with Gasteiger partial charge in [-0.3, -0.25) is 9.80 Å². The van der Waals surface area contributed by atoms with Crippen LogP contribution in [-0.4, -0.2) is 43.4 Å². The Bertz CT molecular complexity index is 349. The Morgan fingerprint density at radius 1 is 1.79 bits per heavy atom. The quantitative estimate of drug-likeness (QED) is 0.641. The van der Waals surface area contributed by atoms with Gasteiger partial charge in [0.25, 0.3) is 0 Å². The minimum atomic E-state index is -2.36. The largest absolute Gasteiger partial charge is 0.310 e. The van der Waals surface area contributed by atoms with Crippen LogP contribution in [0.15, 0.2) is 24.2 Å². The number of rotatable bonds is 3. The highest BCUT2D eigenvalue weighted by Gasteiger charge is 2.09. The number of likely N-dealkylation sites (N-methyl/N-ethyl adjacent to an activating group) is 1. The molecule has 5 nitrogen and oxygen atoms in total. The van der Waals surface area contributed by atoms with E-state index in [0.29, 0.717) is 0 Å². The molecule has 0 saturated heterocycles. The van der Waals surface area contributed by atoms with Crippen molar-refractivity contribution in [2.45, 2.75) is 0 Å². The summed E-state index contributed by atoms with van der Waals surface area (Å²) in [5.41, 5.74) is 2.56. The van der Waals surface area contributed by atoms with Gasteiger partial charge in [0.15, 0.2) is 0 Å². The summed E-state index contributed by atoms with van der Waals surface area (Å²) < 4.78 is 21.9. The van der Waals surface area contributed by atoms with Gasteiger partial charge in [-0.25, -0.2) is 0 Å². The van der Waals surface area contributed by atoms with Crippen molar-refractivity contribution in [3.63, 3.8) is 0 Å². The molecule has 1 aliphatic rings. The molecule has 1 amide bonds. The average molecular weight is 199 g/mol. The van der Waals surface area contributed by atoms with Crippen LogP contribution in [0.5, 0.6) is 0 Å². The molecule has 0 spiro atoms. The third-order valence-corrected chi connectivity index (χ3v) is 1.52. The minimum Gasteiger partial charge on any atom is -0.310 e. The molecule has 0 unspecified atom stereocenters. The molecule has 0 radical (unpaired) electrons. The first-order valence-corrected chi connectivity index (χ1v) is 4.18. The van der Waals surface area contributed by atoms with Crippen molar-refractivity contribution >= 4 is 5.91 Å². The van der Waals surface area contributed by atoms with Gasteiger partial charge in [0.05, 0.1) is 6.54 Å². The molecule has 5 heteroatoms. The molecule has 0 atom stereocenters. The van der Waals surface area contributed by atoms with E-state index in [0.717, 1.165) is 5.01 Å². The minimum absolute atomic E-state index is 0.190. The SMILES string of the molecule is [2H]C([2H])([2H])N1NC=CC=C1NC(=O)CN(C)C. The number of amides is 1. The van der Waals surface area contributed by atoms with Crippen molar-refractivity contribution in [2.24, 2.45) is 0 Å². The number of nitrogens with one attached hydrogen (secondary N) is 2. The summed E-state index contributed by atoms with van der Waals surface area (Å²) in [7, 11) is 3.52. The van der Waals surface area contributed by atoms with Gasteiger partial charge in [-0.2, -0.15) is 0 Å². The molecule has 1 rings (SSSR count). The van der Waals surface area contributed by atoms with E-state index < -0.39 is 6.98 Å². The van der Waals surface area contributed by atoms with E-state index in [1.165, 1.54) is 12.3 Å². The van der Waals surface area contributed by atoms with Gasteiger partial charge in [-0.1, -0.05) is 0 Å². The lowest BCUT2D eigenvalue weighted by Crippen LogP contribution is -2.42. The number of hydrazine groups is 1. The Kier molecular flexibility index (Phi) is 2.30. The van der Waals surface area contributed by atoms with Gasteiger partial charge >= 0.3 is 0 Å². The summed E-state index contributed by atoms with van der Waals surface area (Å²) in [5, 5.41) is 3.47. The average Bonchev–Trinajstić information content (AvgIpc) is 2.15. The molecule has 1 aliphatic heterocycles. The first-order chi connectivity index (χ1) is 7.80. The summed E-state index contributed by atoms with van der Waals surface area (Å²) in [6.45, 7) is -2.17. The number of allylic oxidation sites excluding steroid dienone is 2. The van der Waals surface area contributed by atoms with Gasteiger partial charge in [-0.05, 0) is 26.2 Å². The zero-order valence-electron chi connectivity index (χ0n) is 11.2. The predicted octanol–water partition coefficient (Wildman–Crippen LogP) is -0.531. The highest BCUT2D eigenvalue weighted by Crippen LogP contribution is 1.98. The third-order valence-electron chi connectivity index (χ3n) is 1.52. The smallest absolute Gasteiger partial charge is 0.239 e. The summed E-state index contributed by atoms with van der Waals surface area (Å²) in [6.07, 6.45) is 4.62. The van der Waals surface area contributed by atoms with Crippen molar-refractivity contribution in [1.29, 1.82) is 0 Å². The Morgan fingerprint density at radius 2 is 2.57 bits per heavy atom. The van der Waals surface area contributed by atoms with Crippen molar-refractivity contribution in [3.8, 4) is 0 Å². The molecule has 0 aliphatic carbocycles. The number of hydrogen-bond acceptors (Lipinski definition) is 4. The fraction of sp³-hybridized carbons (Fsp3) is 0.444. The highest BCUT2D eigenvalue weighted by molar-refractivity contribution is 5.79. The molecule has 0 fully saturated rings. The fourth-order valence-corrected chi connectivity index (χ4v) is 0.968. The van der Waals surface area contributed by atoms with Crippen LogP contribution < -0.4 is 10.7 Å². The normalized spacial score (nSPS) is 19.2. The van der Waals surface area contributed by atoms with Gasteiger partial charge in [-0.15, -0.1) is 0 Å². The Morgan fingerprint density at radius 3 is 3.21 bits per heavy atom. The standard InChI is InChI=1S/C9H16N4O/c1-12(2)7-9(14)11-8-5-4-6-10-13(8)3/h4-6,10H,7H2,1-3H3,(H,11,14)/i3D3. The van der Waals surface area contributed by atoms with Gasteiger partial charge in [0, 0.05) is 17.3 Å². The number of carbonyl (C=O) groups excluding carboxylic acids is 1. The van der Waals surface area contributed by atoms with E-state index in [2.05, 4.69) is 10.7 Å². The second kappa shape index (κ2) is 4.66. The molecule has 0 bridgehead atoms. The Labute approximate surface area is 88.2 Å². The molecule has 0 aromatic carbocycles. The fourth-order valence-electron chi connectivity index (χ4n) is 0.968. The molecule has 14 heavy (non-hydrogen) atoms. The predicted molar refractivity (Wildman–Crippen MR) is 54.8 cm³/mol. The molecule has 0 aromatic heterocycles. The lowest BCUT2D eigenvalue weighted by atomic mass is 10.4. The lowest BCUT2D eigenvalue weighted by Gasteiger charge is -2.25. The molecular weight excluding hydrogens is 180 g/mol. The zero-order valence-corrected chi connectivity index (χ0v) is 8.24. The molecular formula is C9H16N4O. The van der Waals surface area contributed by atoms with Crippen LogP contribution in [-0.2, 0) is 4.79 Å². The molecule has 78 valence electrons. The Hall–Kier alpha value is -1.49. The zero-order chi connectivity index (χ0) is 13.1. The van der Waals surface area contributed by atoms with Gasteiger partial charge < -0.3 is 15.6 Å². The van der Waals surface area contributed by atoms with Gasteiger partial charge in [0.2, 0.25) is 5.91 Å². The van der Waals surface area contributed by atoms with E-state index in [1.807, 2.05) is 0 Å². The van der Waals surface area contributed by atoms with Crippen molar-refractivity contribution < 1.29 is 8.91 Å². The van der Waals surface area contributed by atoms with Crippen LogP contribution in [0.4, 0.5) is 0 Å². The molecule has 2 N–H and O–H groups in total. The summed E-state index contributed by atoms with van der Waals surface area (Å²) in [6, 6.07) is 0. The van der Waals surface area contributed by atoms with E-state index in [-0.39, 0.29) is 18.3 Å².